The Morgan fingerprint density at radius 3 is 2.43 bits per heavy atom. The molecule has 74 valence electrons. The Balaban J connectivity index is 1.85. The van der Waals surface area contributed by atoms with Crippen LogP contribution in [0.25, 0.3) is 0 Å². The van der Waals surface area contributed by atoms with Crippen molar-refractivity contribution in [1.82, 2.24) is 0 Å². The first kappa shape index (κ1) is 8.75. The van der Waals surface area contributed by atoms with E-state index < -0.39 is 0 Å². The molecule has 2 atom stereocenters. The maximum atomic E-state index is 6.36. The summed E-state index contributed by atoms with van der Waals surface area (Å²) in [5, 5.41) is 0.793. The average Bonchev–Trinajstić information content (AvgIpc) is 3.00. The molecule has 1 nitrogen and oxygen atoms in total. The molecule has 1 aromatic carbocycles. The van der Waals surface area contributed by atoms with Crippen LogP contribution in [0.4, 0.5) is 0 Å². The highest BCUT2D eigenvalue weighted by Gasteiger charge is 2.58. The summed E-state index contributed by atoms with van der Waals surface area (Å²) >= 11 is 5.85. The Morgan fingerprint density at radius 2 is 1.86 bits per heavy atom. The molecule has 2 N–H and O–H groups in total. The summed E-state index contributed by atoms with van der Waals surface area (Å²) in [6.45, 7) is 0. The monoisotopic (exact) mass is 207 g/mol. The lowest BCUT2D eigenvalue weighted by atomic mass is 10.0. The van der Waals surface area contributed by atoms with Crippen molar-refractivity contribution in [2.24, 2.45) is 17.6 Å². The minimum Gasteiger partial charge on any atom is -0.321 e. The van der Waals surface area contributed by atoms with Crippen LogP contribution in [-0.4, -0.2) is 0 Å². The van der Waals surface area contributed by atoms with Crippen LogP contribution in [0.5, 0.6) is 0 Å². The third-order valence-corrected chi connectivity index (χ3v) is 3.88. The molecule has 14 heavy (non-hydrogen) atoms. The number of hydrogen-bond donors (Lipinski definition) is 1. The summed E-state index contributed by atoms with van der Waals surface area (Å²) in [7, 11) is 0. The predicted octanol–water partition coefficient (Wildman–Crippen LogP) is 2.92. The molecule has 0 heterocycles. The van der Waals surface area contributed by atoms with Gasteiger partial charge in [0.25, 0.3) is 0 Å². The number of hydrogen-bond acceptors (Lipinski definition) is 1. The number of rotatable bonds is 2. The summed E-state index contributed by atoms with van der Waals surface area (Å²) in [4.78, 5) is 0. The van der Waals surface area contributed by atoms with Gasteiger partial charge in [-0.15, -0.1) is 0 Å². The minimum absolute atomic E-state index is 0.0221. The first-order chi connectivity index (χ1) is 6.70. The van der Waals surface area contributed by atoms with Crippen molar-refractivity contribution in [1.29, 1.82) is 0 Å². The zero-order chi connectivity index (χ0) is 9.76. The molecule has 0 aliphatic heterocycles. The van der Waals surface area contributed by atoms with Gasteiger partial charge in [0.1, 0.15) is 0 Å². The maximum Gasteiger partial charge on any atom is 0.0445 e. The van der Waals surface area contributed by atoms with Crippen LogP contribution in [0.2, 0.25) is 5.02 Å². The van der Waals surface area contributed by atoms with Crippen LogP contribution in [0, 0.1) is 11.8 Å². The fraction of sp³-hybridized carbons (Fsp3) is 0.500. The standard InChI is InChI=1S/C12H14ClN/c13-10-5-3-9(4-6-10)12(14)7-11(12)8-1-2-8/h3-6,8,11H,1-2,7,14H2. The maximum absolute atomic E-state index is 6.36. The molecule has 0 bridgehead atoms. The number of halogens is 1. The second kappa shape index (κ2) is 2.74. The lowest BCUT2D eigenvalue weighted by Gasteiger charge is -2.11. The smallest absolute Gasteiger partial charge is 0.0445 e. The first-order valence-electron chi connectivity index (χ1n) is 5.25. The van der Waals surface area contributed by atoms with E-state index in [0.29, 0.717) is 0 Å². The fourth-order valence-electron chi connectivity index (χ4n) is 2.48. The van der Waals surface area contributed by atoms with Gasteiger partial charge in [-0.25, -0.2) is 0 Å². The summed E-state index contributed by atoms with van der Waals surface area (Å²) in [5.41, 5.74) is 7.60. The quantitative estimate of drug-likeness (QED) is 0.793. The van der Waals surface area contributed by atoms with Gasteiger partial charge >= 0.3 is 0 Å². The summed E-state index contributed by atoms with van der Waals surface area (Å²) < 4.78 is 0. The Morgan fingerprint density at radius 1 is 1.21 bits per heavy atom. The Bertz CT molecular complexity index is 355. The van der Waals surface area contributed by atoms with Crippen molar-refractivity contribution >= 4 is 11.6 Å². The van der Waals surface area contributed by atoms with Crippen molar-refractivity contribution < 1.29 is 0 Å². The number of benzene rings is 1. The largest absolute Gasteiger partial charge is 0.321 e. The topological polar surface area (TPSA) is 26.0 Å². The van der Waals surface area contributed by atoms with Gasteiger partial charge in [-0.2, -0.15) is 0 Å². The molecule has 2 unspecified atom stereocenters. The van der Waals surface area contributed by atoms with E-state index in [1.54, 1.807) is 0 Å². The van der Waals surface area contributed by atoms with E-state index in [0.717, 1.165) is 16.9 Å². The van der Waals surface area contributed by atoms with E-state index in [1.807, 2.05) is 12.1 Å². The van der Waals surface area contributed by atoms with E-state index >= 15 is 0 Å². The average molecular weight is 208 g/mol. The highest BCUT2D eigenvalue weighted by Crippen LogP contribution is 2.60. The molecule has 0 amide bonds. The van der Waals surface area contributed by atoms with Crippen molar-refractivity contribution in [3.63, 3.8) is 0 Å². The Hall–Kier alpha value is -0.530. The van der Waals surface area contributed by atoms with Gasteiger partial charge in [0.2, 0.25) is 0 Å². The van der Waals surface area contributed by atoms with Crippen LogP contribution in [0.15, 0.2) is 24.3 Å². The molecule has 0 spiro atoms. The lowest BCUT2D eigenvalue weighted by Crippen LogP contribution is -2.22. The summed E-state index contributed by atoms with van der Waals surface area (Å²) in [5.74, 6) is 1.65. The van der Waals surface area contributed by atoms with Crippen molar-refractivity contribution in [3.05, 3.63) is 34.9 Å². The molecule has 0 saturated heterocycles. The van der Waals surface area contributed by atoms with E-state index in [2.05, 4.69) is 12.1 Å². The third kappa shape index (κ3) is 1.27. The molecule has 2 aliphatic carbocycles. The van der Waals surface area contributed by atoms with Crippen LogP contribution in [0.1, 0.15) is 24.8 Å². The molecule has 0 radical (unpaired) electrons. The molecular weight excluding hydrogens is 194 g/mol. The van der Waals surface area contributed by atoms with Gasteiger partial charge in [-0.3, -0.25) is 0 Å². The molecule has 3 rings (SSSR count). The van der Waals surface area contributed by atoms with E-state index in [-0.39, 0.29) is 5.54 Å². The Kier molecular flexibility index (Phi) is 1.71. The lowest BCUT2D eigenvalue weighted by molar-refractivity contribution is 0.575. The second-order valence-corrected chi connectivity index (χ2v) is 5.13. The second-order valence-electron chi connectivity index (χ2n) is 4.70. The molecule has 2 saturated carbocycles. The highest BCUT2D eigenvalue weighted by molar-refractivity contribution is 6.30. The van der Waals surface area contributed by atoms with Crippen molar-refractivity contribution in [2.75, 3.05) is 0 Å². The molecular formula is C12H14ClN. The first-order valence-corrected chi connectivity index (χ1v) is 5.63. The molecule has 0 aromatic heterocycles. The van der Waals surface area contributed by atoms with Crippen LogP contribution < -0.4 is 5.73 Å². The van der Waals surface area contributed by atoms with E-state index in [9.17, 15) is 0 Å². The van der Waals surface area contributed by atoms with E-state index in [1.165, 1.54) is 24.8 Å². The van der Waals surface area contributed by atoms with E-state index in [4.69, 9.17) is 17.3 Å². The van der Waals surface area contributed by atoms with Crippen LogP contribution in [0.3, 0.4) is 0 Å². The third-order valence-electron chi connectivity index (χ3n) is 3.63. The minimum atomic E-state index is -0.0221. The van der Waals surface area contributed by atoms with Crippen LogP contribution in [-0.2, 0) is 5.54 Å². The van der Waals surface area contributed by atoms with Crippen LogP contribution >= 0.6 is 11.6 Å². The van der Waals surface area contributed by atoms with Gasteiger partial charge in [0.15, 0.2) is 0 Å². The van der Waals surface area contributed by atoms with Gasteiger partial charge in [0.05, 0.1) is 0 Å². The van der Waals surface area contributed by atoms with Gasteiger partial charge < -0.3 is 5.73 Å². The zero-order valence-corrected chi connectivity index (χ0v) is 8.80. The van der Waals surface area contributed by atoms with Crippen molar-refractivity contribution in [3.8, 4) is 0 Å². The van der Waals surface area contributed by atoms with Gasteiger partial charge in [0, 0.05) is 10.6 Å². The highest BCUT2D eigenvalue weighted by atomic mass is 35.5. The fourth-order valence-corrected chi connectivity index (χ4v) is 2.61. The van der Waals surface area contributed by atoms with Crippen molar-refractivity contribution in [2.45, 2.75) is 24.8 Å². The predicted molar refractivity (Wildman–Crippen MR) is 58.1 cm³/mol. The molecule has 2 heteroatoms. The SMILES string of the molecule is NC1(c2ccc(Cl)cc2)CC1C1CC1. The zero-order valence-electron chi connectivity index (χ0n) is 8.04. The molecule has 2 aliphatic rings. The summed E-state index contributed by atoms with van der Waals surface area (Å²) in [6, 6.07) is 8.02. The molecule has 2 fully saturated rings. The molecule has 1 aromatic rings. The van der Waals surface area contributed by atoms with Gasteiger partial charge in [-0.05, 0) is 48.8 Å². The number of nitrogens with two attached hydrogens (primary N) is 1. The Labute approximate surface area is 89.3 Å². The normalized spacial score (nSPS) is 35.7. The van der Waals surface area contributed by atoms with Gasteiger partial charge in [-0.1, -0.05) is 23.7 Å². The summed E-state index contributed by atoms with van der Waals surface area (Å²) in [6.07, 6.45) is 3.94.